The summed E-state index contributed by atoms with van der Waals surface area (Å²) in [6.45, 7) is 2.72. The van der Waals surface area contributed by atoms with Crippen LogP contribution >= 0.6 is 0 Å². The summed E-state index contributed by atoms with van der Waals surface area (Å²) in [5, 5.41) is 3.40. The van der Waals surface area contributed by atoms with Crippen molar-refractivity contribution in [3.05, 3.63) is 12.2 Å². The summed E-state index contributed by atoms with van der Waals surface area (Å²) in [6, 6.07) is 0.667. The third-order valence-electron chi connectivity index (χ3n) is 1.92. The average Bonchev–Trinajstić information content (AvgIpc) is 2.07. The first-order valence-electron chi connectivity index (χ1n) is 4.21. The third kappa shape index (κ3) is 3.25. The highest BCUT2D eigenvalue weighted by atomic mass is 14.9. The molecule has 1 aliphatic rings. The predicted octanol–water partition coefficient (Wildman–Crippen LogP) is 1.71. The number of hydrogen-bond acceptors (Lipinski definition) is 1. The number of nitrogens with one attached hydrogen (secondary N) is 1. The van der Waals surface area contributed by atoms with Gasteiger partial charge >= 0.3 is 0 Å². The van der Waals surface area contributed by atoms with Gasteiger partial charge in [-0.25, -0.2) is 0 Å². The van der Waals surface area contributed by atoms with Gasteiger partial charge in [0, 0.05) is 6.04 Å². The van der Waals surface area contributed by atoms with Crippen molar-refractivity contribution >= 4 is 0 Å². The van der Waals surface area contributed by atoms with E-state index in [4.69, 9.17) is 0 Å². The van der Waals surface area contributed by atoms with Crippen molar-refractivity contribution in [1.29, 1.82) is 0 Å². The molecular formula is C10H15N. The molecule has 1 atom stereocenters. The van der Waals surface area contributed by atoms with Crippen LogP contribution in [0.4, 0.5) is 0 Å². The first-order chi connectivity index (χ1) is 5.43. The Hall–Kier alpha value is -0.740. The molecule has 0 saturated carbocycles. The lowest BCUT2D eigenvalue weighted by Crippen LogP contribution is -2.29. The summed E-state index contributed by atoms with van der Waals surface area (Å²) in [4.78, 5) is 0. The van der Waals surface area contributed by atoms with Gasteiger partial charge in [-0.15, -0.1) is 5.92 Å². The van der Waals surface area contributed by atoms with E-state index in [2.05, 4.69) is 29.3 Å². The highest BCUT2D eigenvalue weighted by Gasteiger charge is 2.06. The van der Waals surface area contributed by atoms with Gasteiger partial charge in [0.15, 0.2) is 0 Å². The molecule has 0 aliphatic heterocycles. The summed E-state index contributed by atoms with van der Waals surface area (Å²) < 4.78 is 0. The van der Waals surface area contributed by atoms with E-state index in [0.717, 1.165) is 6.54 Å². The maximum atomic E-state index is 3.40. The Bertz CT molecular complexity index is 183. The van der Waals surface area contributed by atoms with Crippen LogP contribution in [0.1, 0.15) is 26.2 Å². The third-order valence-corrected chi connectivity index (χ3v) is 1.92. The SMILES string of the molecule is CC#CCNC1CC=CCC1. The zero-order valence-corrected chi connectivity index (χ0v) is 7.06. The van der Waals surface area contributed by atoms with Crippen LogP contribution in [0, 0.1) is 11.8 Å². The molecule has 0 fully saturated rings. The second-order valence-electron chi connectivity index (χ2n) is 2.79. The highest BCUT2D eigenvalue weighted by molar-refractivity contribution is 4.99. The molecule has 0 saturated heterocycles. The summed E-state index contributed by atoms with van der Waals surface area (Å²) in [7, 11) is 0. The van der Waals surface area contributed by atoms with Crippen LogP contribution in [-0.4, -0.2) is 12.6 Å². The highest BCUT2D eigenvalue weighted by Crippen LogP contribution is 2.09. The molecule has 1 aliphatic carbocycles. The normalized spacial score (nSPS) is 22.5. The Morgan fingerprint density at radius 3 is 3.09 bits per heavy atom. The number of allylic oxidation sites excluding steroid dienone is 1. The smallest absolute Gasteiger partial charge is 0.0578 e. The molecule has 0 aromatic rings. The Kier molecular flexibility index (Phi) is 3.79. The van der Waals surface area contributed by atoms with Crippen LogP contribution in [0.5, 0.6) is 0 Å². The fraction of sp³-hybridized carbons (Fsp3) is 0.600. The Balaban J connectivity index is 2.14. The van der Waals surface area contributed by atoms with Crippen molar-refractivity contribution in [1.82, 2.24) is 5.32 Å². The zero-order chi connectivity index (χ0) is 7.94. The van der Waals surface area contributed by atoms with Gasteiger partial charge in [0.05, 0.1) is 6.54 Å². The number of hydrogen-bond donors (Lipinski definition) is 1. The van der Waals surface area contributed by atoms with E-state index in [-0.39, 0.29) is 0 Å². The van der Waals surface area contributed by atoms with Crippen LogP contribution in [0.15, 0.2) is 12.2 Å². The van der Waals surface area contributed by atoms with Crippen molar-refractivity contribution in [3.8, 4) is 11.8 Å². The van der Waals surface area contributed by atoms with E-state index >= 15 is 0 Å². The predicted molar refractivity (Wildman–Crippen MR) is 48.2 cm³/mol. The quantitative estimate of drug-likeness (QED) is 0.465. The van der Waals surface area contributed by atoms with E-state index < -0.39 is 0 Å². The first-order valence-corrected chi connectivity index (χ1v) is 4.21. The van der Waals surface area contributed by atoms with Crippen molar-refractivity contribution in [3.63, 3.8) is 0 Å². The van der Waals surface area contributed by atoms with E-state index in [1.807, 2.05) is 6.92 Å². The molecule has 1 heteroatoms. The summed E-state index contributed by atoms with van der Waals surface area (Å²) in [5.41, 5.74) is 0. The van der Waals surface area contributed by atoms with Crippen LogP contribution in [0.25, 0.3) is 0 Å². The van der Waals surface area contributed by atoms with Gasteiger partial charge in [0.2, 0.25) is 0 Å². The van der Waals surface area contributed by atoms with E-state index in [1.54, 1.807) is 0 Å². The van der Waals surface area contributed by atoms with Crippen LogP contribution < -0.4 is 5.32 Å². The molecule has 0 amide bonds. The zero-order valence-electron chi connectivity index (χ0n) is 7.06. The van der Waals surface area contributed by atoms with Crippen molar-refractivity contribution in [2.24, 2.45) is 0 Å². The van der Waals surface area contributed by atoms with Gasteiger partial charge in [-0.05, 0) is 26.2 Å². The largest absolute Gasteiger partial charge is 0.303 e. The molecule has 1 rings (SSSR count). The lowest BCUT2D eigenvalue weighted by molar-refractivity contribution is 0.502. The minimum atomic E-state index is 0.667. The lowest BCUT2D eigenvalue weighted by atomic mass is 10.0. The van der Waals surface area contributed by atoms with Crippen LogP contribution in [0.2, 0.25) is 0 Å². The molecule has 1 unspecified atom stereocenters. The van der Waals surface area contributed by atoms with Crippen molar-refractivity contribution in [2.45, 2.75) is 32.2 Å². The molecule has 0 spiro atoms. The first kappa shape index (κ1) is 8.36. The topological polar surface area (TPSA) is 12.0 Å². The molecule has 1 nitrogen and oxygen atoms in total. The van der Waals surface area contributed by atoms with Crippen LogP contribution in [-0.2, 0) is 0 Å². The Morgan fingerprint density at radius 1 is 1.55 bits per heavy atom. The van der Waals surface area contributed by atoms with Gasteiger partial charge in [-0.3, -0.25) is 0 Å². The fourth-order valence-corrected chi connectivity index (χ4v) is 1.26. The van der Waals surface area contributed by atoms with Gasteiger partial charge in [0.25, 0.3) is 0 Å². The maximum absolute atomic E-state index is 3.40. The molecule has 0 aromatic heterocycles. The standard InChI is InChI=1S/C10H15N/c1-2-3-9-11-10-7-5-4-6-8-10/h4-5,10-11H,6-9H2,1H3. The van der Waals surface area contributed by atoms with Gasteiger partial charge in [0.1, 0.15) is 0 Å². The minimum absolute atomic E-state index is 0.667. The molecule has 60 valence electrons. The second-order valence-corrected chi connectivity index (χ2v) is 2.79. The van der Waals surface area contributed by atoms with E-state index in [1.165, 1.54) is 19.3 Å². The van der Waals surface area contributed by atoms with Crippen LogP contribution in [0.3, 0.4) is 0 Å². The molecule has 0 heterocycles. The van der Waals surface area contributed by atoms with E-state index in [0.29, 0.717) is 6.04 Å². The van der Waals surface area contributed by atoms with Gasteiger partial charge in [-0.2, -0.15) is 0 Å². The number of rotatable bonds is 2. The monoisotopic (exact) mass is 149 g/mol. The molecule has 0 radical (unpaired) electrons. The second kappa shape index (κ2) is 4.98. The maximum Gasteiger partial charge on any atom is 0.0578 e. The molecule has 11 heavy (non-hydrogen) atoms. The summed E-state index contributed by atoms with van der Waals surface area (Å²) in [6.07, 6.45) is 8.16. The fourth-order valence-electron chi connectivity index (χ4n) is 1.26. The summed E-state index contributed by atoms with van der Waals surface area (Å²) in [5.74, 6) is 5.89. The Labute approximate surface area is 68.9 Å². The molecule has 1 N–H and O–H groups in total. The van der Waals surface area contributed by atoms with Crippen molar-refractivity contribution in [2.75, 3.05) is 6.54 Å². The lowest BCUT2D eigenvalue weighted by Gasteiger charge is -2.17. The molecule has 0 aromatic carbocycles. The summed E-state index contributed by atoms with van der Waals surface area (Å²) >= 11 is 0. The van der Waals surface area contributed by atoms with Gasteiger partial charge < -0.3 is 5.32 Å². The minimum Gasteiger partial charge on any atom is -0.303 e. The van der Waals surface area contributed by atoms with Crippen molar-refractivity contribution < 1.29 is 0 Å². The molecule has 0 bridgehead atoms. The van der Waals surface area contributed by atoms with Gasteiger partial charge in [-0.1, -0.05) is 18.1 Å². The average molecular weight is 149 g/mol. The van der Waals surface area contributed by atoms with E-state index in [9.17, 15) is 0 Å². The molecular weight excluding hydrogens is 134 g/mol. The Morgan fingerprint density at radius 2 is 2.45 bits per heavy atom.